The highest BCUT2D eigenvalue weighted by molar-refractivity contribution is 5.10. The Morgan fingerprint density at radius 1 is 1.20 bits per heavy atom. The Hall–Kier alpha value is -0.0400. The Morgan fingerprint density at radius 2 is 1.80 bits per heavy atom. The first-order valence-electron chi connectivity index (χ1n) is 6.78. The van der Waals surface area contributed by atoms with E-state index < -0.39 is 0 Å². The molecule has 1 saturated heterocycles. The van der Waals surface area contributed by atoms with Crippen molar-refractivity contribution in [1.82, 2.24) is 4.90 Å². The monoisotopic (exact) mass is 211 g/mol. The number of piperidine rings is 1. The zero-order chi connectivity index (χ0) is 11.7. The Morgan fingerprint density at radius 3 is 2.13 bits per heavy atom. The Labute approximate surface area is 96.2 Å². The van der Waals surface area contributed by atoms with E-state index in [0.29, 0.717) is 11.0 Å². The first-order chi connectivity index (χ1) is 7.01. The summed E-state index contributed by atoms with van der Waals surface area (Å²) >= 11 is 0. The van der Waals surface area contributed by atoms with Gasteiger partial charge >= 0.3 is 0 Å². The van der Waals surface area contributed by atoms with Gasteiger partial charge in [-0.25, -0.2) is 0 Å². The summed E-state index contributed by atoms with van der Waals surface area (Å²) in [7, 11) is 0. The van der Waals surface area contributed by atoms with Crippen LogP contribution in [0.5, 0.6) is 0 Å². The fourth-order valence-corrected chi connectivity index (χ4v) is 3.67. The number of hydrogen-bond acceptors (Lipinski definition) is 1. The number of fused-ring (bicyclic) bond motifs is 2. The second-order valence-corrected chi connectivity index (χ2v) is 5.75. The first kappa shape index (κ1) is 13.0. The smallest absolute Gasteiger partial charge is 0.0190 e. The van der Waals surface area contributed by atoms with Crippen molar-refractivity contribution in [3.05, 3.63) is 0 Å². The molecule has 1 nitrogen and oxygen atoms in total. The largest absolute Gasteiger partial charge is 0.295 e. The van der Waals surface area contributed by atoms with Crippen LogP contribution in [0.4, 0.5) is 0 Å². The summed E-state index contributed by atoms with van der Waals surface area (Å²) in [4.78, 5) is 2.74. The van der Waals surface area contributed by atoms with Crippen LogP contribution in [0.15, 0.2) is 0 Å². The fourth-order valence-electron chi connectivity index (χ4n) is 3.67. The van der Waals surface area contributed by atoms with Gasteiger partial charge in [-0.1, -0.05) is 20.8 Å². The van der Waals surface area contributed by atoms with E-state index in [-0.39, 0.29) is 0 Å². The minimum Gasteiger partial charge on any atom is -0.295 e. The highest BCUT2D eigenvalue weighted by Crippen LogP contribution is 2.56. The molecule has 90 valence electrons. The first-order valence-corrected chi connectivity index (χ1v) is 6.78. The van der Waals surface area contributed by atoms with Crippen molar-refractivity contribution in [1.29, 1.82) is 0 Å². The third-order valence-electron chi connectivity index (χ3n) is 4.52. The molecule has 2 unspecified atom stereocenters. The molecule has 0 aromatic heterocycles. The van der Waals surface area contributed by atoms with Crippen LogP contribution in [0.2, 0.25) is 0 Å². The van der Waals surface area contributed by atoms with Crippen LogP contribution in [0.3, 0.4) is 0 Å². The van der Waals surface area contributed by atoms with Gasteiger partial charge in [0.1, 0.15) is 0 Å². The Bertz CT molecular complexity index is 211. The lowest BCUT2D eigenvalue weighted by atomic mass is 9.84. The molecule has 2 atom stereocenters. The maximum atomic E-state index is 2.74. The lowest BCUT2D eigenvalue weighted by Crippen LogP contribution is -2.47. The summed E-state index contributed by atoms with van der Waals surface area (Å²) in [6.07, 6.45) is 5.74. The molecular weight excluding hydrogens is 182 g/mol. The van der Waals surface area contributed by atoms with E-state index >= 15 is 0 Å². The quantitative estimate of drug-likeness (QED) is 0.665. The molecule has 15 heavy (non-hydrogen) atoms. The van der Waals surface area contributed by atoms with Gasteiger partial charge in [0.15, 0.2) is 0 Å². The molecule has 0 radical (unpaired) electrons. The number of rotatable bonds is 2. The second-order valence-electron chi connectivity index (χ2n) is 5.75. The van der Waals surface area contributed by atoms with E-state index in [1.165, 1.54) is 32.2 Å². The molecule has 0 spiro atoms. The average molecular weight is 211 g/mol. The van der Waals surface area contributed by atoms with Gasteiger partial charge in [-0.3, -0.25) is 4.90 Å². The van der Waals surface area contributed by atoms with Crippen molar-refractivity contribution in [2.45, 2.75) is 78.8 Å². The van der Waals surface area contributed by atoms with E-state index in [2.05, 4.69) is 32.6 Å². The van der Waals surface area contributed by atoms with Crippen LogP contribution in [0.1, 0.15) is 67.2 Å². The number of nitrogens with zero attached hydrogens (tertiary/aromatic N) is 1. The van der Waals surface area contributed by atoms with Crippen LogP contribution >= 0.6 is 0 Å². The highest BCUT2D eigenvalue weighted by Gasteiger charge is 2.55. The minimum absolute atomic E-state index is 0.546. The molecule has 1 saturated carbocycles. The van der Waals surface area contributed by atoms with E-state index in [1.54, 1.807) is 0 Å². The van der Waals surface area contributed by atoms with Gasteiger partial charge in [0, 0.05) is 18.1 Å². The van der Waals surface area contributed by atoms with E-state index in [0.717, 1.165) is 6.04 Å². The molecule has 2 fully saturated rings. The Kier molecular flexibility index (Phi) is 3.86. The third kappa shape index (κ3) is 2.08. The number of hydrogen-bond donors (Lipinski definition) is 0. The lowest BCUT2D eigenvalue weighted by molar-refractivity contribution is 0.0799. The third-order valence-corrected chi connectivity index (χ3v) is 4.52. The van der Waals surface area contributed by atoms with Gasteiger partial charge in [0.25, 0.3) is 0 Å². The zero-order valence-corrected chi connectivity index (χ0v) is 11.6. The molecule has 0 aromatic carbocycles. The molecule has 2 bridgehead atoms. The topological polar surface area (TPSA) is 3.24 Å². The van der Waals surface area contributed by atoms with Crippen LogP contribution < -0.4 is 0 Å². The molecule has 2 aliphatic rings. The maximum absolute atomic E-state index is 2.74. The molecular formula is C14H29N. The van der Waals surface area contributed by atoms with Gasteiger partial charge in [-0.2, -0.15) is 0 Å². The molecule has 1 heteroatoms. The summed E-state index contributed by atoms with van der Waals surface area (Å²) in [6.45, 7) is 14.9. The maximum Gasteiger partial charge on any atom is 0.0190 e. The van der Waals surface area contributed by atoms with Crippen molar-refractivity contribution in [2.24, 2.45) is 5.41 Å². The van der Waals surface area contributed by atoms with Crippen molar-refractivity contribution in [2.75, 3.05) is 6.54 Å². The van der Waals surface area contributed by atoms with Gasteiger partial charge in [0.05, 0.1) is 0 Å². The van der Waals surface area contributed by atoms with Crippen molar-refractivity contribution in [3.63, 3.8) is 0 Å². The van der Waals surface area contributed by atoms with Crippen LogP contribution in [0, 0.1) is 5.41 Å². The van der Waals surface area contributed by atoms with Crippen LogP contribution in [0.25, 0.3) is 0 Å². The van der Waals surface area contributed by atoms with Crippen LogP contribution in [-0.2, 0) is 0 Å². The highest BCUT2D eigenvalue weighted by atomic mass is 15.3. The average Bonchev–Trinajstić information content (AvgIpc) is 2.72. The minimum atomic E-state index is 0.546. The van der Waals surface area contributed by atoms with Gasteiger partial charge < -0.3 is 0 Å². The predicted molar refractivity (Wildman–Crippen MR) is 68.2 cm³/mol. The summed E-state index contributed by atoms with van der Waals surface area (Å²) < 4.78 is 0. The molecule has 0 N–H and O–H groups in total. The summed E-state index contributed by atoms with van der Waals surface area (Å²) in [5.41, 5.74) is 1.24. The van der Waals surface area contributed by atoms with Crippen LogP contribution in [-0.4, -0.2) is 23.0 Å². The normalized spacial score (nSPS) is 39.4. The van der Waals surface area contributed by atoms with Crippen molar-refractivity contribution in [3.8, 4) is 0 Å². The van der Waals surface area contributed by atoms with E-state index in [4.69, 9.17) is 0 Å². The summed E-state index contributed by atoms with van der Waals surface area (Å²) in [5, 5.41) is 0. The summed E-state index contributed by atoms with van der Waals surface area (Å²) in [5.74, 6) is 0. The zero-order valence-electron chi connectivity index (χ0n) is 11.6. The van der Waals surface area contributed by atoms with Gasteiger partial charge in [0.2, 0.25) is 0 Å². The van der Waals surface area contributed by atoms with Gasteiger partial charge in [-0.15, -0.1) is 0 Å². The fraction of sp³-hybridized carbons (Fsp3) is 1.00. The SMILES string of the molecule is CC.CCC12CCC(C)(C1)N(C(C)C)C2. The lowest BCUT2D eigenvalue weighted by Gasteiger charge is -2.40. The molecule has 0 amide bonds. The molecule has 0 aromatic rings. The van der Waals surface area contributed by atoms with E-state index in [9.17, 15) is 0 Å². The predicted octanol–water partition coefficient (Wildman–Crippen LogP) is 4.08. The molecule has 1 aliphatic heterocycles. The van der Waals surface area contributed by atoms with Gasteiger partial charge in [-0.05, 0) is 51.9 Å². The van der Waals surface area contributed by atoms with Crippen molar-refractivity contribution < 1.29 is 0 Å². The summed E-state index contributed by atoms with van der Waals surface area (Å²) in [6, 6.07) is 0.735. The molecule has 2 rings (SSSR count). The molecule has 1 aliphatic carbocycles. The van der Waals surface area contributed by atoms with E-state index in [1.807, 2.05) is 13.8 Å². The second kappa shape index (κ2) is 4.45. The molecule has 1 heterocycles. The van der Waals surface area contributed by atoms with Crippen molar-refractivity contribution >= 4 is 0 Å². The standard InChI is InChI=1S/C12H23N.C2H6/c1-5-12-7-6-11(4,8-12)13(9-12)10(2)3;1-2/h10H,5-9H2,1-4H3;1-2H3. The number of likely N-dealkylation sites (tertiary alicyclic amines) is 1. The Balaban J connectivity index is 0.000000531.